The van der Waals surface area contributed by atoms with Gasteiger partial charge in [0.2, 0.25) is 0 Å². The van der Waals surface area contributed by atoms with Gasteiger partial charge in [0.15, 0.2) is 0 Å². The second kappa shape index (κ2) is 7.28. The predicted octanol–water partition coefficient (Wildman–Crippen LogP) is 4.60. The second-order valence-electron chi connectivity index (χ2n) is 5.96. The quantitative estimate of drug-likeness (QED) is 0.808. The molecule has 0 bridgehead atoms. The topological polar surface area (TPSA) is 15.3 Å². The van der Waals surface area contributed by atoms with E-state index in [9.17, 15) is 0 Å². The van der Waals surface area contributed by atoms with Crippen molar-refractivity contribution >= 4 is 21.6 Å². The molecule has 2 rings (SSSR count). The molecule has 110 valence electrons. The van der Waals surface area contributed by atoms with Gasteiger partial charge in [-0.3, -0.25) is 4.90 Å². The first-order chi connectivity index (χ1) is 9.54. The van der Waals surface area contributed by atoms with Crippen molar-refractivity contribution < 1.29 is 0 Å². The lowest BCUT2D eigenvalue weighted by atomic mass is 10.0. The number of nitrogens with zero attached hydrogens (tertiary/aromatic N) is 1. The van der Waals surface area contributed by atoms with Crippen LogP contribution in [-0.4, -0.2) is 30.6 Å². The Bertz CT molecular complexity index is 470. The van der Waals surface area contributed by atoms with Gasteiger partial charge >= 0.3 is 0 Å². The van der Waals surface area contributed by atoms with E-state index in [2.05, 4.69) is 71.2 Å². The Morgan fingerprint density at radius 3 is 2.70 bits per heavy atom. The van der Waals surface area contributed by atoms with Crippen LogP contribution in [0.25, 0.3) is 0 Å². The monoisotopic (exact) mass is 336 g/mol. The molecule has 1 aliphatic heterocycles. The summed E-state index contributed by atoms with van der Waals surface area (Å²) in [6, 6.07) is 7.05. The zero-order valence-corrected chi connectivity index (χ0v) is 14.3. The van der Waals surface area contributed by atoms with Crippen LogP contribution in [0.5, 0.6) is 0 Å². The molecular formula is C17H25BrN2. The largest absolute Gasteiger partial charge is 0.382 e. The number of piperidine rings is 1. The van der Waals surface area contributed by atoms with Crippen LogP contribution in [-0.2, 0) is 0 Å². The van der Waals surface area contributed by atoms with Gasteiger partial charge in [-0.1, -0.05) is 33.6 Å². The lowest BCUT2D eigenvalue weighted by Crippen LogP contribution is -2.39. The molecule has 1 heterocycles. The Balaban J connectivity index is 1.85. The van der Waals surface area contributed by atoms with Gasteiger partial charge in [0.25, 0.3) is 0 Å². The van der Waals surface area contributed by atoms with Crippen molar-refractivity contribution in [2.24, 2.45) is 0 Å². The SMILES string of the molecule is CC(C)=CCN1CCC(Nc2cc(Br)ccc2C)CC1. The molecule has 1 N–H and O–H groups in total. The fourth-order valence-electron chi connectivity index (χ4n) is 2.54. The number of allylic oxidation sites excluding steroid dienone is 1. The van der Waals surface area contributed by atoms with Crippen molar-refractivity contribution in [1.29, 1.82) is 0 Å². The number of rotatable bonds is 4. The fourth-order valence-corrected chi connectivity index (χ4v) is 2.90. The summed E-state index contributed by atoms with van der Waals surface area (Å²) in [4.78, 5) is 2.54. The molecule has 1 aromatic carbocycles. The van der Waals surface area contributed by atoms with Crippen LogP contribution in [0.1, 0.15) is 32.3 Å². The van der Waals surface area contributed by atoms with E-state index >= 15 is 0 Å². The standard InChI is InChI=1S/C17H25BrN2/c1-13(2)6-9-20-10-7-16(8-11-20)19-17-12-15(18)5-4-14(17)3/h4-6,12,16,19H,7-11H2,1-3H3. The molecule has 1 saturated heterocycles. The summed E-state index contributed by atoms with van der Waals surface area (Å²) in [5.74, 6) is 0. The van der Waals surface area contributed by atoms with Crippen LogP contribution >= 0.6 is 15.9 Å². The molecule has 0 aromatic heterocycles. The summed E-state index contributed by atoms with van der Waals surface area (Å²) >= 11 is 3.55. The van der Waals surface area contributed by atoms with Crippen LogP contribution in [0, 0.1) is 6.92 Å². The molecule has 1 aliphatic rings. The van der Waals surface area contributed by atoms with E-state index < -0.39 is 0 Å². The van der Waals surface area contributed by atoms with Gasteiger partial charge in [0, 0.05) is 35.8 Å². The smallest absolute Gasteiger partial charge is 0.0383 e. The molecule has 2 nitrogen and oxygen atoms in total. The lowest BCUT2D eigenvalue weighted by Gasteiger charge is -2.32. The van der Waals surface area contributed by atoms with Gasteiger partial charge in [-0.05, 0) is 51.3 Å². The minimum Gasteiger partial charge on any atom is -0.382 e. The maximum atomic E-state index is 3.70. The molecule has 0 unspecified atom stereocenters. The summed E-state index contributed by atoms with van der Waals surface area (Å²) in [5.41, 5.74) is 4.00. The second-order valence-corrected chi connectivity index (χ2v) is 6.88. The fraction of sp³-hybridized carbons (Fsp3) is 0.529. The van der Waals surface area contributed by atoms with E-state index in [4.69, 9.17) is 0 Å². The zero-order valence-electron chi connectivity index (χ0n) is 12.7. The minimum atomic E-state index is 0.603. The molecule has 0 spiro atoms. The molecule has 0 amide bonds. The van der Waals surface area contributed by atoms with Crippen LogP contribution in [0.4, 0.5) is 5.69 Å². The first-order valence-electron chi connectivity index (χ1n) is 7.43. The maximum absolute atomic E-state index is 3.70. The molecule has 0 aliphatic carbocycles. The van der Waals surface area contributed by atoms with E-state index in [0.29, 0.717) is 6.04 Å². The average Bonchev–Trinajstić information content (AvgIpc) is 2.42. The number of aryl methyl sites for hydroxylation is 1. The van der Waals surface area contributed by atoms with Crippen molar-refractivity contribution in [2.75, 3.05) is 25.0 Å². The molecular weight excluding hydrogens is 312 g/mol. The van der Waals surface area contributed by atoms with Crippen molar-refractivity contribution in [3.05, 3.63) is 39.9 Å². The minimum absolute atomic E-state index is 0.603. The third-order valence-electron chi connectivity index (χ3n) is 3.90. The Hall–Kier alpha value is -0.800. The van der Waals surface area contributed by atoms with Gasteiger partial charge < -0.3 is 5.32 Å². The van der Waals surface area contributed by atoms with Gasteiger partial charge in [0.1, 0.15) is 0 Å². The third-order valence-corrected chi connectivity index (χ3v) is 4.40. The van der Waals surface area contributed by atoms with Crippen molar-refractivity contribution in [3.8, 4) is 0 Å². The molecule has 0 atom stereocenters. The molecule has 20 heavy (non-hydrogen) atoms. The van der Waals surface area contributed by atoms with Gasteiger partial charge in [0.05, 0.1) is 0 Å². The van der Waals surface area contributed by atoms with E-state index in [1.807, 2.05) is 0 Å². The highest BCUT2D eigenvalue weighted by Gasteiger charge is 2.18. The average molecular weight is 337 g/mol. The summed E-state index contributed by atoms with van der Waals surface area (Å²) in [6.07, 6.45) is 4.78. The highest BCUT2D eigenvalue weighted by molar-refractivity contribution is 9.10. The Morgan fingerprint density at radius 1 is 1.35 bits per heavy atom. The first-order valence-corrected chi connectivity index (χ1v) is 8.22. The summed E-state index contributed by atoms with van der Waals surface area (Å²) < 4.78 is 1.14. The van der Waals surface area contributed by atoms with E-state index in [-0.39, 0.29) is 0 Å². The first kappa shape index (κ1) is 15.6. The van der Waals surface area contributed by atoms with E-state index in [0.717, 1.165) is 11.0 Å². The van der Waals surface area contributed by atoms with E-state index in [1.54, 1.807) is 0 Å². The maximum Gasteiger partial charge on any atom is 0.0383 e. The van der Waals surface area contributed by atoms with Crippen molar-refractivity contribution in [2.45, 2.75) is 39.7 Å². The number of benzene rings is 1. The number of halogens is 1. The van der Waals surface area contributed by atoms with Gasteiger partial charge in [-0.25, -0.2) is 0 Å². The predicted molar refractivity (Wildman–Crippen MR) is 91.4 cm³/mol. The summed E-state index contributed by atoms with van der Waals surface area (Å²) in [6.45, 7) is 9.99. The van der Waals surface area contributed by atoms with Gasteiger partial charge in [-0.15, -0.1) is 0 Å². The summed E-state index contributed by atoms with van der Waals surface area (Å²) in [5, 5.41) is 3.70. The normalized spacial score (nSPS) is 17.0. The highest BCUT2D eigenvalue weighted by atomic mass is 79.9. The molecule has 1 aromatic rings. The number of nitrogens with one attached hydrogen (secondary N) is 1. The van der Waals surface area contributed by atoms with Crippen LogP contribution < -0.4 is 5.32 Å². The number of hydrogen-bond acceptors (Lipinski definition) is 2. The molecule has 0 saturated carbocycles. The van der Waals surface area contributed by atoms with Gasteiger partial charge in [-0.2, -0.15) is 0 Å². The highest BCUT2D eigenvalue weighted by Crippen LogP contribution is 2.23. The Kier molecular flexibility index (Phi) is 5.67. The van der Waals surface area contributed by atoms with Crippen molar-refractivity contribution in [3.63, 3.8) is 0 Å². The number of anilines is 1. The molecule has 1 fully saturated rings. The Labute approximate surface area is 131 Å². The van der Waals surface area contributed by atoms with Crippen LogP contribution in [0.15, 0.2) is 34.3 Å². The Morgan fingerprint density at radius 2 is 2.05 bits per heavy atom. The number of hydrogen-bond donors (Lipinski definition) is 1. The van der Waals surface area contributed by atoms with Crippen LogP contribution in [0.2, 0.25) is 0 Å². The lowest BCUT2D eigenvalue weighted by molar-refractivity contribution is 0.240. The van der Waals surface area contributed by atoms with E-state index in [1.165, 1.54) is 42.8 Å². The molecule has 0 radical (unpaired) electrons. The summed E-state index contributed by atoms with van der Waals surface area (Å²) in [7, 11) is 0. The third kappa shape index (κ3) is 4.64. The number of likely N-dealkylation sites (tertiary alicyclic amines) is 1. The van der Waals surface area contributed by atoms with Crippen molar-refractivity contribution in [1.82, 2.24) is 4.90 Å². The molecule has 3 heteroatoms. The zero-order chi connectivity index (χ0) is 14.5. The van der Waals surface area contributed by atoms with Crippen LogP contribution in [0.3, 0.4) is 0 Å².